The van der Waals surface area contributed by atoms with E-state index in [4.69, 9.17) is 5.73 Å². The molecule has 4 nitrogen and oxygen atoms in total. The molecule has 0 amide bonds. The Hall–Kier alpha value is -2.08. The van der Waals surface area contributed by atoms with Gasteiger partial charge >= 0.3 is 0 Å². The van der Waals surface area contributed by atoms with E-state index in [1.54, 1.807) is 0 Å². The van der Waals surface area contributed by atoms with Crippen LogP contribution in [0.25, 0.3) is 0 Å². The molecule has 0 saturated carbocycles. The number of aromatic nitrogens is 2. The molecule has 1 aromatic heterocycles. The summed E-state index contributed by atoms with van der Waals surface area (Å²) in [6.07, 6.45) is 2.69. The Morgan fingerprint density at radius 2 is 2.11 bits per heavy atom. The lowest BCUT2D eigenvalue weighted by molar-refractivity contribution is 0.511. The lowest BCUT2D eigenvalue weighted by Gasteiger charge is -2.14. The molecule has 0 aliphatic rings. The third-order valence-corrected chi connectivity index (χ3v) is 2.55. The summed E-state index contributed by atoms with van der Waals surface area (Å²) in [5, 5.41) is 0. The van der Waals surface area contributed by atoms with Crippen molar-refractivity contribution in [1.29, 1.82) is 0 Å². The Labute approximate surface area is 102 Å². The maximum absolute atomic E-state index is 13.5. The number of rotatable bonds is 3. The third-order valence-electron chi connectivity index (χ3n) is 2.55. The zero-order chi connectivity index (χ0) is 13.1. The van der Waals surface area contributed by atoms with Gasteiger partial charge in [-0.3, -0.25) is 9.36 Å². The Bertz CT molecular complexity index is 612. The van der Waals surface area contributed by atoms with E-state index in [9.17, 15) is 13.6 Å². The highest BCUT2D eigenvalue weighted by Crippen LogP contribution is 2.17. The molecule has 0 fully saturated rings. The first-order chi connectivity index (χ1) is 8.58. The molecule has 1 heterocycles. The maximum Gasteiger partial charge on any atom is 0.253 e. The second kappa shape index (κ2) is 5.05. The summed E-state index contributed by atoms with van der Waals surface area (Å²) in [5.74, 6) is -1.39. The SMILES string of the molecule is NC(Cn1cnccc1=O)c1ccc(F)cc1F. The molecular formula is C12H11F2N3O. The number of halogens is 2. The van der Waals surface area contributed by atoms with Crippen molar-refractivity contribution in [3.63, 3.8) is 0 Å². The summed E-state index contributed by atoms with van der Waals surface area (Å²) in [4.78, 5) is 15.2. The Kier molecular flexibility index (Phi) is 3.47. The van der Waals surface area contributed by atoms with E-state index in [2.05, 4.69) is 4.98 Å². The maximum atomic E-state index is 13.5. The largest absolute Gasteiger partial charge is 0.322 e. The Balaban J connectivity index is 2.25. The number of benzene rings is 1. The van der Waals surface area contributed by atoms with E-state index in [0.717, 1.165) is 12.1 Å². The monoisotopic (exact) mass is 251 g/mol. The summed E-state index contributed by atoms with van der Waals surface area (Å²) >= 11 is 0. The molecule has 1 unspecified atom stereocenters. The highest BCUT2D eigenvalue weighted by molar-refractivity contribution is 5.21. The highest BCUT2D eigenvalue weighted by atomic mass is 19.1. The fourth-order valence-corrected chi connectivity index (χ4v) is 1.63. The van der Waals surface area contributed by atoms with Crippen LogP contribution in [0.4, 0.5) is 8.78 Å². The minimum Gasteiger partial charge on any atom is -0.322 e. The van der Waals surface area contributed by atoms with Crippen LogP contribution < -0.4 is 11.3 Å². The average molecular weight is 251 g/mol. The topological polar surface area (TPSA) is 60.9 Å². The van der Waals surface area contributed by atoms with Gasteiger partial charge in [0.2, 0.25) is 0 Å². The van der Waals surface area contributed by atoms with Gasteiger partial charge in [-0.25, -0.2) is 13.8 Å². The molecule has 0 aliphatic heterocycles. The highest BCUT2D eigenvalue weighted by Gasteiger charge is 2.13. The molecule has 2 N–H and O–H groups in total. The van der Waals surface area contributed by atoms with Crippen LogP contribution in [-0.2, 0) is 6.54 Å². The van der Waals surface area contributed by atoms with Gasteiger partial charge in [-0.15, -0.1) is 0 Å². The first kappa shape index (κ1) is 12.4. The Morgan fingerprint density at radius 1 is 1.33 bits per heavy atom. The van der Waals surface area contributed by atoms with Crippen molar-refractivity contribution >= 4 is 0 Å². The summed E-state index contributed by atoms with van der Waals surface area (Å²) in [5.41, 5.74) is 5.68. The normalized spacial score (nSPS) is 12.4. The molecule has 18 heavy (non-hydrogen) atoms. The van der Waals surface area contributed by atoms with E-state index >= 15 is 0 Å². The van der Waals surface area contributed by atoms with Gasteiger partial charge in [0, 0.05) is 30.4 Å². The number of nitrogens with two attached hydrogens (primary N) is 1. The molecule has 6 heteroatoms. The number of hydrogen-bond donors (Lipinski definition) is 1. The first-order valence-electron chi connectivity index (χ1n) is 5.29. The minimum absolute atomic E-state index is 0.0786. The molecule has 0 spiro atoms. The van der Waals surface area contributed by atoms with Crippen LogP contribution >= 0.6 is 0 Å². The van der Waals surface area contributed by atoms with Gasteiger partial charge in [-0.1, -0.05) is 6.07 Å². The molecule has 0 aliphatic carbocycles. The van der Waals surface area contributed by atoms with Crippen molar-refractivity contribution < 1.29 is 8.78 Å². The van der Waals surface area contributed by atoms with Crippen LogP contribution in [0.1, 0.15) is 11.6 Å². The second-order valence-electron chi connectivity index (χ2n) is 3.84. The summed E-state index contributed by atoms with van der Waals surface area (Å²) in [7, 11) is 0. The summed E-state index contributed by atoms with van der Waals surface area (Å²) in [6, 6.07) is 3.71. The van der Waals surface area contributed by atoms with Gasteiger partial charge in [-0.2, -0.15) is 0 Å². The summed E-state index contributed by atoms with van der Waals surface area (Å²) in [6.45, 7) is 0.0786. The third kappa shape index (κ3) is 2.60. The van der Waals surface area contributed by atoms with Crippen LogP contribution in [0.5, 0.6) is 0 Å². The zero-order valence-electron chi connectivity index (χ0n) is 9.38. The lowest BCUT2D eigenvalue weighted by Crippen LogP contribution is -2.26. The average Bonchev–Trinajstić information content (AvgIpc) is 2.32. The minimum atomic E-state index is -0.743. The van der Waals surface area contributed by atoms with E-state index in [0.29, 0.717) is 0 Å². The van der Waals surface area contributed by atoms with Gasteiger partial charge in [0.25, 0.3) is 5.56 Å². The van der Waals surface area contributed by atoms with E-state index < -0.39 is 17.7 Å². The smallest absolute Gasteiger partial charge is 0.253 e. The second-order valence-corrected chi connectivity index (χ2v) is 3.84. The first-order valence-corrected chi connectivity index (χ1v) is 5.29. The predicted molar refractivity (Wildman–Crippen MR) is 61.8 cm³/mol. The zero-order valence-corrected chi connectivity index (χ0v) is 9.38. The quantitative estimate of drug-likeness (QED) is 0.892. The molecule has 0 saturated heterocycles. The molecule has 1 aromatic carbocycles. The molecule has 2 rings (SSSR count). The van der Waals surface area contributed by atoms with Gasteiger partial charge in [-0.05, 0) is 6.07 Å². The van der Waals surface area contributed by atoms with Crippen LogP contribution in [0.3, 0.4) is 0 Å². The van der Waals surface area contributed by atoms with Crippen molar-refractivity contribution in [2.75, 3.05) is 0 Å². The van der Waals surface area contributed by atoms with Crippen molar-refractivity contribution in [1.82, 2.24) is 9.55 Å². The van der Waals surface area contributed by atoms with Crippen molar-refractivity contribution in [3.05, 3.63) is 64.3 Å². The molecule has 1 atom stereocenters. The van der Waals surface area contributed by atoms with Crippen molar-refractivity contribution in [2.24, 2.45) is 5.73 Å². The van der Waals surface area contributed by atoms with Gasteiger partial charge < -0.3 is 5.73 Å². The van der Waals surface area contributed by atoms with E-state index in [-0.39, 0.29) is 17.7 Å². The van der Waals surface area contributed by atoms with Crippen molar-refractivity contribution in [2.45, 2.75) is 12.6 Å². The van der Waals surface area contributed by atoms with Crippen LogP contribution in [0, 0.1) is 11.6 Å². The van der Waals surface area contributed by atoms with Gasteiger partial charge in [0.1, 0.15) is 11.6 Å². The standard InChI is InChI=1S/C12H11F2N3O/c13-8-1-2-9(10(14)5-8)11(15)6-17-7-16-4-3-12(17)18/h1-5,7,11H,6,15H2. The Morgan fingerprint density at radius 3 is 2.78 bits per heavy atom. The lowest BCUT2D eigenvalue weighted by atomic mass is 10.1. The molecule has 0 bridgehead atoms. The molecule has 2 aromatic rings. The number of hydrogen-bond acceptors (Lipinski definition) is 3. The molecule has 0 radical (unpaired) electrons. The van der Waals surface area contributed by atoms with Crippen LogP contribution in [-0.4, -0.2) is 9.55 Å². The van der Waals surface area contributed by atoms with Crippen molar-refractivity contribution in [3.8, 4) is 0 Å². The van der Waals surface area contributed by atoms with Gasteiger partial charge in [0.15, 0.2) is 0 Å². The molecule has 94 valence electrons. The van der Waals surface area contributed by atoms with Gasteiger partial charge in [0.05, 0.1) is 12.4 Å². The fourth-order valence-electron chi connectivity index (χ4n) is 1.63. The van der Waals surface area contributed by atoms with E-state index in [1.165, 1.54) is 29.2 Å². The van der Waals surface area contributed by atoms with Crippen LogP contribution in [0.2, 0.25) is 0 Å². The molecular weight excluding hydrogens is 240 g/mol. The van der Waals surface area contributed by atoms with Crippen LogP contribution in [0.15, 0.2) is 41.6 Å². The summed E-state index contributed by atoms with van der Waals surface area (Å²) < 4.78 is 27.5. The van der Waals surface area contributed by atoms with E-state index in [1.807, 2.05) is 0 Å². The fraction of sp³-hybridized carbons (Fsp3) is 0.167. The number of nitrogens with zero attached hydrogens (tertiary/aromatic N) is 2. The predicted octanol–water partition coefficient (Wildman–Crippen LogP) is 1.22.